The fraction of sp³-hybridized carbons (Fsp3) is 0.167. The Hall–Kier alpha value is -2.46. The fourth-order valence-corrected chi connectivity index (χ4v) is 2.74. The number of hydrogen-bond donors (Lipinski definition) is 1. The highest BCUT2D eigenvalue weighted by Gasteiger charge is 2.13. The van der Waals surface area contributed by atoms with Crippen LogP contribution >= 0.6 is 11.6 Å². The number of nitrogens with one attached hydrogen (secondary N) is 1. The maximum Gasteiger partial charge on any atom is 0.230 e. The van der Waals surface area contributed by atoms with E-state index in [9.17, 15) is 4.79 Å². The van der Waals surface area contributed by atoms with Gasteiger partial charge in [0.1, 0.15) is 5.82 Å². The summed E-state index contributed by atoms with van der Waals surface area (Å²) < 4.78 is 0. The molecule has 2 aromatic heterocycles. The van der Waals surface area contributed by atoms with Crippen LogP contribution in [-0.2, 0) is 11.2 Å². The summed E-state index contributed by atoms with van der Waals surface area (Å²) in [4.78, 5) is 21.0. The van der Waals surface area contributed by atoms with Gasteiger partial charge in [-0.15, -0.1) is 0 Å². The number of amides is 1. The van der Waals surface area contributed by atoms with Gasteiger partial charge < -0.3 is 5.32 Å². The van der Waals surface area contributed by atoms with Crippen molar-refractivity contribution < 1.29 is 4.79 Å². The lowest BCUT2D eigenvalue weighted by molar-refractivity contribution is -0.115. The van der Waals surface area contributed by atoms with Gasteiger partial charge in [-0.25, -0.2) is 4.98 Å². The van der Waals surface area contributed by atoms with Crippen LogP contribution in [0.2, 0.25) is 5.02 Å². The monoisotopic (exact) mass is 325 g/mol. The second-order valence-corrected chi connectivity index (χ2v) is 5.84. The first-order chi connectivity index (χ1) is 11.0. The van der Waals surface area contributed by atoms with E-state index in [2.05, 4.69) is 15.3 Å². The number of aryl methyl sites for hydroxylation is 2. The van der Waals surface area contributed by atoms with Crippen molar-refractivity contribution >= 4 is 34.2 Å². The van der Waals surface area contributed by atoms with Crippen LogP contribution in [0.1, 0.15) is 16.8 Å². The molecule has 0 fully saturated rings. The number of fused-ring (bicyclic) bond motifs is 1. The molecule has 0 aliphatic heterocycles. The highest BCUT2D eigenvalue weighted by atomic mass is 35.5. The third-order valence-corrected chi connectivity index (χ3v) is 4.04. The number of aromatic nitrogens is 2. The van der Waals surface area contributed by atoms with Crippen LogP contribution in [0, 0.1) is 13.8 Å². The summed E-state index contributed by atoms with van der Waals surface area (Å²) in [5.41, 5.74) is 3.87. The van der Waals surface area contributed by atoms with Crippen molar-refractivity contribution in [3.05, 3.63) is 64.4 Å². The molecule has 0 saturated heterocycles. The maximum absolute atomic E-state index is 12.3. The summed E-state index contributed by atoms with van der Waals surface area (Å²) in [7, 11) is 0. The zero-order valence-corrected chi connectivity index (χ0v) is 13.7. The Morgan fingerprint density at radius 2 is 1.96 bits per heavy atom. The van der Waals surface area contributed by atoms with Crippen molar-refractivity contribution in [2.75, 3.05) is 5.32 Å². The number of rotatable bonds is 3. The van der Waals surface area contributed by atoms with E-state index < -0.39 is 0 Å². The number of halogens is 1. The number of carbonyl (C=O) groups is 1. The number of hydrogen-bond acceptors (Lipinski definition) is 3. The zero-order valence-electron chi connectivity index (χ0n) is 12.9. The van der Waals surface area contributed by atoms with Crippen molar-refractivity contribution in [3.8, 4) is 0 Å². The van der Waals surface area contributed by atoms with Crippen molar-refractivity contribution in [2.24, 2.45) is 0 Å². The molecular formula is C18H16ClN3O. The van der Waals surface area contributed by atoms with Gasteiger partial charge in [0, 0.05) is 17.3 Å². The van der Waals surface area contributed by atoms with Gasteiger partial charge in [-0.3, -0.25) is 9.78 Å². The summed E-state index contributed by atoms with van der Waals surface area (Å²) in [6, 6.07) is 11.3. The predicted octanol–water partition coefficient (Wildman–Crippen LogP) is 4.08. The molecule has 0 saturated carbocycles. The topological polar surface area (TPSA) is 54.9 Å². The molecule has 1 aromatic carbocycles. The quantitative estimate of drug-likeness (QED) is 0.789. The average Bonchev–Trinajstić information content (AvgIpc) is 2.54. The minimum absolute atomic E-state index is 0.122. The van der Waals surface area contributed by atoms with Crippen LogP contribution in [0.25, 0.3) is 10.9 Å². The second-order valence-electron chi connectivity index (χ2n) is 5.40. The predicted molar refractivity (Wildman–Crippen MR) is 92.8 cm³/mol. The maximum atomic E-state index is 12.3. The highest BCUT2D eigenvalue weighted by molar-refractivity contribution is 6.30. The summed E-state index contributed by atoms with van der Waals surface area (Å²) in [6.07, 6.45) is 1.77. The lowest BCUT2D eigenvalue weighted by Crippen LogP contribution is -2.17. The van der Waals surface area contributed by atoms with E-state index in [1.165, 1.54) is 6.20 Å². The average molecular weight is 326 g/mol. The summed E-state index contributed by atoms with van der Waals surface area (Å²) in [5.74, 6) is 0.367. The molecule has 3 aromatic rings. The minimum Gasteiger partial charge on any atom is -0.310 e. The highest BCUT2D eigenvalue weighted by Crippen LogP contribution is 2.23. The van der Waals surface area contributed by atoms with E-state index >= 15 is 0 Å². The molecule has 5 heteroatoms. The third-order valence-electron chi connectivity index (χ3n) is 3.82. The van der Waals surface area contributed by atoms with E-state index in [0.29, 0.717) is 10.8 Å². The number of benzene rings is 1. The van der Waals surface area contributed by atoms with Crippen LogP contribution in [0.15, 0.2) is 42.6 Å². The molecule has 0 unspecified atom stereocenters. The lowest BCUT2D eigenvalue weighted by atomic mass is 9.99. The normalized spacial score (nSPS) is 10.7. The molecule has 0 radical (unpaired) electrons. The first kappa shape index (κ1) is 15.4. The Morgan fingerprint density at radius 1 is 1.17 bits per heavy atom. The van der Waals surface area contributed by atoms with Crippen molar-refractivity contribution in [1.82, 2.24) is 9.97 Å². The largest absolute Gasteiger partial charge is 0.310 e. The fourth-order valence-electron chi connectivity index (χ4n) is 2.63. The van der Waals surface area contributed by atoms with Crippen LogP contribution in [0.4, 0.5) is 5.82 Å². The number of nitrogens with zero attached hydrogens (tertiary/aromatic N) is 2. The van der Waals surface area contributed by atoms with E-state index in [0.717, 1.165) is 27.7 Å². The van der Waals surface area contributed by atoms with Gasteiger partial charge in [0.05, 0.1) is 17.0 Å². The molecule has 23 heavy (non-hydrogen) atoms. The molecule has 0 aliphatic rings. The van der Waals surface area contributed by atoms with Crippen LogP contribution in [-0.4, -0.2) is 15.9 Å². The number of anilines is 1. The molecule has 1 amide bonds. The van der Waals surface area contributed by atoms with Crippen LogP contribution in [0.5, 0.6) is 0 Å². The van der Waals surface area contributed by atoms with E-state index in [4.69, 9.17) is 11.6 Å². The molecule has 0 bridgehead atoms. The summed E-state index contributed by atoms with van der Waals surface area (Å²) in [6.45, 7) is 3.96. The van der Waals surface area contributed by atoms with Crippen LogP contribution < -0.4 is 5.32 Å². The first-order valence-electron chi connectivity index (χ1n) is 7.31. The molecule has 116 valence electrons. The Kier molecular flexibility index (Phi) is 4.26. The van der Waals surface area contributed by atoms with Gasteiger partial charge in [-0.1, -0.05) is 29.8 Å². The smallest absolute Gasteiger partial charge is 0.230 e. The Morgan fingerprint density at radius 3 is 2.70 bits per heavy atom. The Balaban J connectivity index is 1.86. The number of para-hydroxylation sites is 1. The molecule has 2 heterocycles. The minimum atomic E-state index is -0.122. The second kappa shape index (κ2) is 6.34. The SMILES string of the molecule is Cc1nc2ccccc2c(C)c1CC(=O)Nc1ccc(Cl)cn1. The molecule has 0 atom stereocenters. The van der Waals surface area contributed by atoms with Gasteiger partial charge >= 0.3 is 0 Å². The molecule has 0 spiro atoms. The molecule has 0 aliphatic carbocycles. The van der Waals surface area contributed by atoms with Gasteiger partial charge in [0.2, 0.25) is 5.91 Å². The van der Waals surface area contributed by atoms with E-state index in [1.807, 2.05) is 38.1 Å². The summed E-state index contributed by atoms with van der Waals surface area (Å²) in [5, 5.41) is 4.39. The third kappa shape index (κ3) is 3.32. The molecule has 3 rings (SSSR count). The number of carbonyl (C=O) groups excluding carboxylic acids is 1. The zero-order chi connectivity index (χ0) is 16.4. The molecule has 1 N–H and O–H groups in total. The van der Waals surface area contributed by atoms with Gasteiger partial charge in [0.25, 0.3) is 0 Å². The van der Waals surface area contributed by atoms with Crippen molar-refractivity contribution in [3.63, 3.8) is 0 Å². The number of pyridine rings is 2. The standard InChI is InChI=1S/C18H16ClN3O/c1-11-14-5-3-4-6-16(14)21-12(2)15(11)9-18(23)22-17-8-7-13(19)10-20-17/h3-8,10H,9H2,1-2H3,(H,20,22,23). The molecular weight excluding hydrogens is 310 g/mol. The van der Waals surface area contributed by atoms with Gasteiger partial charge in [-0.05, 0) is 43.2 Å². The Labute approximate surface area is 139 Å². The molecule has 4 nitrogen and oxygen atoms in total. The van der Waals surface area contributed by atoms with E-state index in [-0.39, 0.29) is 12.3 Å². The van der Waals surface area contributed by atoms with Crippen molar-refractivity contribution in [1.29, 1.82) is 0 Å². The summed E-state index contributed by atoms with van der Waals surface area (Å²) >= 11 is 5.79. The Bertz CT molecular complexity index is 875. The van der Waals surface area contributed by atoms with Gasteiger partial charge in [-0.2, -0.15) is 0 Å². The lowest BCUT2D eigenvalue weighted by Gasteiger charge is -2.12. The van der Waals surface area contributed by atoms with Gasteiger partial charge in [0.15, 0.2) is 0 Å². The van der Waals surface area contributed by atoms with Crippen LogP contribution in [0.3, 0.4) is 0 Å². The van der Waals surface area contributed by atoms with E-state index in [1.54, 1.807) is 12.1 Å². The first-order valence-corrected chi connectivity index (χ1v) is 7.68. The van der Waals surface area contributed by atoms with Crippen molar-refractivity contribution in [2.45, 2.75) is 20.3 Å².